The molecule has 0 radical (unpaired) electrons. The van der Waals surface area contributed by atoms with Crippen LogP contribution in [0.4, 0.5) is 5.69 Å². The number of methoxy groups -OCH3 is 1. The molecule has 142 valence electrons. The maximum absolute atomic E-state index is 12.7. The molecule has 27 heavy (non-hydrogen) atoms. The van der Waals surface area contributed by atoms with Crippen LogP contribution in [0.3, 0.4) is 0 Å². The molecule has 7 heteroatoms. The van der Waals surface area contributed by atoms with Gasteiger partial charge in [0, 0.05) is 50.4 Å². The third-order valence-electron chi connectivity index (χ3n) is 5.22. The number of hydrogen-bond donors (Lipinski definition) is 0. The van der Waals surface area contributed by atoms with Crippen molar-refractivity contribution in [3.63, 3.8) is 0 Å². The van der Waals surface area contributed by atoms with Gasteiger partial charge in [-0.2, -0.15) is 5.10 Å². The van der Waals surface area contributed by atoms with Gasteiger partial charge in [0.25, 0.3) is 0 Å². The Labute approximate surface area is 164 Å². The van der Waals surface area contributed by atoms with Crippen LogP contribution < -0.4 is 9.64 Å². The number of halogens is 1. The van der Waals surface area contributed by atoms with Gasteiger partial charge in [0.05, 0.1) is 17.8 Å². The van der Waals surface area contributed by atoms with E-state index < -0.39 is 0 Å². The summed E-state index contributed by atoms with van der Waals surface area (Å²) in [5.74, 6) is 1.13. The van der Waals surface area contributed by atoms with Gasteiger partial charge < -0.3 is 14.5 Å². The zero-order chi connectivity index (χ0) is 18.8. The largest absolute Gasteiger partial charge is 0.495 e. The van der Waals surface area contributed by atoms with Crippen LogP contribution in [0.25, 0.3) is 0 Å². The van der Waals surface area contributed by atoms with Crippen molar-refractivity contribution in [2.45, 2.75) is 0 Å². The van der Waals surface area contributed by atoms with Gasteiger partial charge in [0.1, 0.15) is 12.3 Å². The SMILES string of the molecule is COc1cc(N2CCN(C(=O)CN3CC4C=CC=CC4=N3)CC2)ccc1Cl. The molecule has 0 N–H and O–H groups in total. The first-order valence-corrected chi connectivity index (χ1v) is 9.56. The number of allylic oxidation sites excluding steroid dienone is 3. The van der Waals surface area contributed by atoms with Crippen molar-refractivity contribution < 1.29 is 9.53 Å². The highest BCUT2D eigenvalue weighted by Crippen LogP contribution is 2.30. The van der Waals surface area contributed by atoms with Crippen molar-refractivity contribution in [2.24, 2.45) is 11.0 Å². The summed E-state index contributed by atoms with van der Waals surface area (Å²) in [5, 5.41) is 7.05. The molecule has 1 aromatic carbocycles. The number of carbonyl (C=O) groups is 1. The molecule has 0 spiro atoms. The first-order chi connectivity index (χ1) is 13.1. The number of piperazine rings is 1. The number of anilines is 1. The van der Waals surface area contributed by atoms with Crippen LogP contribution in [0.2, 0.25) is 5.02 Å². The summed E-state index contributed by atoms with van der Waals surface area (Å²) < 4.78 is 5.30. The van der Waals surface area contributed by atoms with E-state index in [4.69, 9.17) is 16.3 Å². The Morgan fingerprint density at radius 2 is 2.07 bits per heavy atom. The molecule has 2 heterocycles. The topological polar surface area (TPSA) is 48.4 Å². The highest BCUT2D eigenvalue weighted by Gasteiger charge is 2.28. The zero-order valence-corrected chi connectivity index (χ0v) is 16.1. The molecule has 4 rings (SSSR count). The molecule has 0 bridgehead atoms. The van der Waals surface area contributed by atoms with Crippen LogP contribution in [-0.4, -0.2) is 67.9 Å². The van der Waals surface area contributed by atoms with E-state index in [-0.39, 0.29) is 5.91 Å². The summed E-state index contributed by atoms with van der Waals surface area (Å²) in [6.45, 7) is 4.12. The van der Waals surface area contributed by atoms with E-state index in [2.05, 4.69) is 16.1 Å². The first-order valence-electron chi connectivity index (χ1n) is 9.18. The Bertz CT molecular complexity index is 812. The van der Waals surface area contributed by atoms with Gasteiger partial charge in [-0.05, 0) is 18.2 Å². The Balaban J connectivity index is 1.31. The molecular weight excluding hydrogens is 364 g/mol. The third kappa shape index (κ3) is 3.81. The van der Waals surface area contributed by atoms with Crippen LogP contribution in [0, 0.1) is 5.92 Å². The van der Waals surface area contributed by atoms with Crippen molar-refractivity contribution in [2.75, 3.05) is 51.3 Å². The number of ether oxygens (including phenoxy) is 1. The lowest BCUT2D eigenvalue weighted by Gasteiger charge is -2.36. The number of hydrogen-bond acceptors (Lipinski definition) is 5. The molecule has 1 atom stereocenters. The molecule has 1 saturated heterocycles. The van der Waals surface area contributed by atoms with Crippen LogP contribution in [0.1, 0.15) is 0 Å². The Morgan fingerprint density at radius 3 is 2.81 bits per heavy atom. The molecule has 1 aliphatic carbocycles. The van der Waals surface area contributed by atoms with E-state index in [0.29, 0.717) is 36.3 Å². The van der Waals surface area contributed by atoms with Crippen molar-refractivity contribution in [3.05, 3.63) is 47.5 Å². The first kappa shape index (κ1) is 17.9. The van der Waals surface area contributed by atoms with Crippen LogP contribution in [0.5, 0.6) is 5.75 Å². The van der Waals surface area contributed by atoms with Crippen LogP contribution in [0.15, 0.2) is 47.6 Å². The second-order valence-corrected chi connectivity index (χ2v) is 7.32. The molecule has 1 unspecified atom stereocenters. The Morgan fingerprint density at radius 1 is 1.26 bits per heavy atom. The zero-order valence-electron chi connectivity index (χ0n) is 15.3. The minimum atomic E-state index is 0.138. The fraction of sp³-hybridized carbons (Fsp3) is 0.400. The molecule has 0 aromatic heterocycles. The predicted octanol–water partition coefficient (Wildman–Crippen LogP) is 2.41. The standard InChI is InChI=1S/C20H23ClN4O2/c1-27-19-12-16(6-7-17(19)21)23-8-10-24(11-9-23)20(26)14-25-13-15-4-2-3-5-18(15)22-25/h2-7,12,15H,8-11,13-14H2,1H3. The number of carbonyl (C=O) groups excluding carboxylic acids is 1. The van der Waals surface area contributed by atoms with Gasteiger partial charge in [-0.1, -0.05) is 29.8 Å². The van der Waals surface area contributed by atoms with E-state index in [9.17, 15) is 4.79 Å². The monoisotopic (exact) mass is 386 g/mol. The minimum absolute atomic E-state index is 0.138. The van der Waals surface area contributed by atoms with E-state index in [0.717, 1.165) is 31.0 Å². The molecule has 1 amide bonds. The maximum atomic E-state index is 12.7. The number of amides is 1. The second-order valence-electron chi connectivity index (χ2n) is 6.91. The van der Waals surface area contributed by atoms with Crippen LogP contribution >= 0.6 is 11.6 Å². The normalized spacial score (nSPS) is 21.3. The second kappa shape index (κ2) is 7.64. The highest BCUT2D eigenvalue weighted by atomic mass is 35.5. The minimum Gasteiger partial charge on any atom is -0.495 e. The van der Waals surface area contributed by atoms with Crippen molar-refractivity contribution in [1.82, 2.24) is 9.91 Å². The van der Waals surface area contributed by atoms with Gasteiger partial charge >= 0.3 is 0 Å². The third-order valence-corrected chi connectivity index (χ3v) is 5.53. The molecule has 0 saturated carbocycles. The summed E-state index contributed by atoms with van der Waals surface area (Å²) in [4.78, 5) is 16.9. The number of benzene rings is 1. The summed E-state index contributed by atoms with van der Waals surface area (Å²) in [6.07, 6.45) is 8.20. The fourth-order valence-electron chi connectivity index (χ4n) is 3.68. The van der Waals surface area contributed by atoms with Crippen LogP contribution in [-0.2, 0) is 4.79 Å². The van der Waals surface area contributed by atoms with Gasteiger partial charge in [-0.25, -0.2) is 0 Å². The van der Waals surface area contributed by atoms with Crippen molar-refractivity contribution in [1.29, 1.82) is 0 Å². The lowest BCUT2D eigenvalue weighted by Crippen LogP contribution is -2.50. The predicted molar refractivity (Wildman–Crippen MR) is 108 cm³/mol. The number of nitrogens with zero attached hydrogens (tertiary/aromatic N) is 4. The summed E-state index contributed by atoms with van der Waals surface area (Å²) in [6, 6.07) is 5.79. The average Bonchev–Trinajstić information content (AvgIpc) is 3.10. The van der Waals surface area contributed by atoms with Gasteiger partial charge in [-0.15, -0.1) is 0 Å². The van der Waals surface area contributed by atoms with Crippen molar-refractivity contribution in [3.8, 4) is 5.75 Å². The van der Waals surface area contributed by atoms with Crippen molar-refractivity contribution >= 4 is 28.9 Å². The van der Waals surface area contributed by atoms with E-state index in [1.54, 1.807) is 7.11 Å². The van der Waals surface area contributed by atoms with Gasteiger partial charge in [0.15, 0.2) is 0 Å². The molecule has 2 aliphatic heterocycles. The lowest BCUT2D eigenvalue weighted by molar-refractivity contribution is -0.132. The summed E-state index contributed by atoms with van der Waals surface area (Å²) in [7, 11) is 1.62. The van der Waals surface area contributed by atoms with Gasteiger partial charge in [-0.3, -0.25) is 9.80 Å². The Kier molecular flexibility index (Phi) is 5.07. The molecule has 6 nitrogen and oxygen atoms in total. The fourth-order valence-corrected chi connectivity index (χ4v) is 3.88. The molecular formula is C20H23ClN4O2. The smallest absolute Gasteiger partial charge is 0.243 e. The van der Waals surface area contributed by atoms with E-state index >= 15 is 0 Å². The lowest BCUT2D eigenvalue weighted by atomic mass is 10.00. The number of hydrazone groups is 1. The van der Waals surface area contributed by atoms with E-state index in [1.165, 1.54) is 0 Å². The maximum Gasteiger partial charge on any atom is 0.243 e. The average molecular weight is 387 g/mol. The number of rotatable bonds is 4. The van der Waals surface area contributed by atoms with E-state index in [1.807, 2.05) is 46.3 Å². The molecule has 1 aromatic rings. The quantitative estimate of drug-likeness (QED) is 0.797. The van der Waals surface area contributed by atoms with Gasteiger partial charge in [0.2, 0.25) is 5.91 Å². The summed E-state index contributed by atoms with van der Waals surface area (Å²) >= 11 is 6.11. The number of fused-ring (bicyclic) bond motifs is 1. The molecule has 3 aliphatic rings. The highest BCUT2D eigenvalue weighted by molar-refractivity contribution is 6.32. The molecule has 1 fully saturated rings. The Hall–Kier alpha value is -2.47. The summed E-state index contributed by atoms with van der Waals surface area (Å²) in [5.41, 5.74) is 2.11.